The summed E-state index contributed by atoms with van der Waals surface area (Å²) >= 11 is 0. The van der Waals surface area contributed by atoms with Gasteiger partial charge in [-0.1, -0.05) is 19.9 Å². The molecule has 0 bridgehead atoms. The molecular formula is C21H38IN3O3. The molecule has 0 aromatic heterocycles. The van der Waals surface area contributed by atoms with Crippen LogP contribution in [0.1, 0.15) is 52.6 Å². The number of guanidine groups is 1. The van der Waals surface area contributed by atoms with E-state index in [1.54, 1.807) is 7.05 Å². The van der Waals surface area contributed by atoms with Gasteiger partial charge in [-0.25, -0.2) is 0 Å². The van der Waals surface area contributed by atoms with E-state index in [0.717, 1.165) is 49.2 Å². The van der Waals surface area contributed by atoms with Crippen molar-refractivity contribution in [2.75, 3.05) is 40.0 Å². The molecule has 0 amide bonds. The molecule has 1 rings (SSSR count). The van der Waals surface area contributed by atoms with Crippen molar-refractivity contribution in [2.24, 2.45) is 10.9 Å². The summed E-state index contributed by atoms with van der Waals surface area (Å²) in [5, 5.41) is 6.75. The van der Waals surface area contributed by atoms with Gasteiger partial charge < -0.3 is 24.8 Å². The number of benzene rings is 1. The van der Waals surface area contributed by atoms with Gasteiger partial charge in [0.2, 0.25) is 0 Å². The van der Waals surface area contributed by atoms with Gasteiger partial charge in [-0.3, -0.25) is 4.99 Å². The highest BCUT2D eigenvalue weighted by Crippen LogP contribution is 2.30. The van der Waals surface area contributed by atoms with E-state index in [2.05, 4.69) is 42.5 Å². The SMILES string of the molecule is CCOc1ccc(C(C)NC(=NC)NCCCOCC(C)C)cc1OCC.I. The highest BCUT2D eigenvalue weighted by Gasteiger charge is 2.12. The fourth-order valence-electron chi connectivity index (χ4n) is 2.52. The zero-order chi connectivity index (χ0) is 20.1. The van der Waals surface area contributed by atoms with Gasteiger partial charge in [0.15, 0.2) is 17.5 Å². The van der Waals surface area contributed by atoms with Crippen LogP contribution < -0.4 is 20.1 Å². The maximum Gasteiger partial charge on any atom is 0.191 e. The molecule has 162 valence electrons. The number of nitrogens with one attached hydrogen (secondary N) is 2. The van der Waals surface area contributed by atoms with Gasteiger partial charge in [-0.15, -0.1) is 24.0 Å². The number of nitrogens with zero attached hydrogens (tertiary/aromatic N) is 1. The number of rotatable bonds is 12. The van der Waals surface area contributed by atoms with Gasteiger partial charge >= 0.3 is 0 Å². The average Bonchev–Trinajstić information content (AvgIpc) is 2.64. The summed E-state index contributed by atoms with van der Waals surface area (Å²) in [6.07, 6.45) is 0.944. The Bertz CT molecular complexity index is 568. The molecule has 1 aromatic rings. The quantitative estimate of drug-likeness (QED) is 0.190. The topological polar surface area (TPSA) is 64.1 Å². The summed E-state index contributed by atoms with van der Waals surface area (Å²) < 4.78 is 17.0. The van der Waals surface area contributed by atoms with Gasteiger partial charge in [0.05, 0.1) is 19.3 Å². The minimum atomic E-state index is 0. The zero-order valence-electron chi connectivity index (χ0n) is 18.2. The van der Waals surface area contributed by atoms with Crippen LogP contribution in [0.15, 0.2) is 23.2 Å². The Balaban J connectivity index is 0.00000729. The van der Waals surface area contributed by atoms with Crippen molar-refractivity contribution in [3.63, 3.8) is 0 Å². The first kappa shape index (κ1) is 26.8. The van der Waals surface area contributed by atoms with E-state index in [-0.39, 0.29) is 30.0 Å². The minimum Gasteiger partial charge on any atom is -0.490 e. The van der Waals surface area contributed by atoms with E-state index in [1.165, 1.54) is 0 Å². The maximum absolute atomic E-state index is 5.72. The Morgan fingerprint density at radius 2 is 1.75 bits per heavy atom. The van der Waals surface area contributed by atoms with Gasteiger partial charge in [0.25, 0.3) is 0 Å². The van der Waals surface area contributed by atoms with E-state index in [1.807, 2.05) is 26.0 Å². The van der Waals surface area contributed by atoms with E-state index in [9.17, 15) is 0 Å². The van der Waals surface area contributed by atoms with Crippen LogP contribution in [-0.2, 0) is 4.74 Å². The summed E-state index contributed by atoms with van der Waals surface area (Å²) in [6.45, 7) is 14.0. The highest BCUT2D eigenvalue weighted by atomic mass is 127. The Morgan fingerprint density at radius 1 is 1.07 bits per heavy atom. The molecule has 0 fully saturated rings. The Morgan fingerprint density at radius 3 is 2.36 bits per heavy atom. The monoisotopic (exact) mass is 507 g/mol. The smallest absolute Gasteiger partial charge is 0.191 e. The molecule has 1 atom stereocenters. The number of ether oxygens (including phenoxy) is 3. The Hall–Kier alpha value is -1.22. The second kappa shape index (κ2) is 15.7. The zero-order valence-corrected chi connectivity index (χ0v) is 20.5. The van der Waals surface area contributed by atoms with Crippen LogP contribution in [0.3, 0.4) is 0 Å². The lowest BCUT2D eigenvalue weighted by atomic mass is 10.1. The van der Waals surface area contributed by atoms with Crippen molar-refractivity contribution in [2.45, 2.75) is 47.1 Å². The first-order valence-corrected chi connectivity index (χ1v) is 9.96. The molecule has 0 radical (unpaired) electrons. The van der Waals surface area contributed by atoms with Crippen molar-refractivity contribution >= 4 is 29.9 Å². The molecule has 1 unspecified atom stereocenters. The van der Waals surface area contributed by atoms with Crippen LogP contribution in [-0.4, -0.2) is 46.0 Å². The first-order valence-electron chi connectivity index (χ1n) is 9.96. The van der Waals surface area contributed by atoms with Crippen molar-refractivity contribution in [1.29, 1.82) is 0 Å². The molecule has 0 saturated carbocycles. The van der Waals surface area contributed by atoms with Crippen molar-refractivity contribution in [3.05, 3.63) is 23.8 Å². The Kier molecular flexibility index (Phi) is 15.0. The number of aliphatic imine (C=N–C) groups is 1. The molecule has 7 heteroatoms. The lowest BCUT2D eigenvalue weighted by Gasteiger charge is -2.20. The molecule has 6 nitrogen and oxygen atoms in total. The van der Waals surface area contributed by atoms with Crippen LogP contribution in [0.25, 0.3) is 0 Å². The summed E-state index contributed by atoms with van der Waals surface area (Å²) in [5.74, 6) is 2.90. The van der Waals surface area contributed by atoms with Gasteiger partial charge in [-0.05, 0) is 50.8 Å². The summed E-state index contributed by atoms with van der Waals surface area (Å²) in [6, 6.07) is 6.13. The molecule has 0 aliphatic carbocycles. The average molecular weight is 507 g/mol. The molecule has 1 aromatic carbocycles. The van der Waals surface area contributed by atoms with Gasteiger partial charge in [0, 0.05) is 26.8 Å². The minimum absolute atomic E-state index is 0. The third kappa shape index (κ3) is 10.4. The summed E-state index contributed by atoms with van der Waals surface area (Å²) in [5.41, 5.74) is 1.12. The standard InChI is InChI=1S/C21H37N3O3.HI/c1-7-26-19-11-10-18(14-20(19)27-8-2)17(5)24-21(22-6)23-12-9-13-25-15-16(3)4;/h10-11,14,16-17H,7-9,12-13,15H2,1-6H3,(H2,22,23,24);1H. The van der Waals surface area contributed by atoms with Crippen LogP contribution in [0.5, 0.6) is 11.5 Å². The second-order valence-electron chi connectivity index (χ2n) is 6.76. The van der Waals surface area contributed by atoms with Crippen LogP contribution in [0.4, 0.5) is 0 Å². The number of halogens is 1. The lowest BCUT2D eigenvalue weighted by molar-refractivity contribution is 0.108. The highest BCUT2D eigenvalue weighted by molar-refractivity contribution is 14.0. The number of hydrogen-bond donors (Lipinski definition) is 2. The summed E-state index contributed by atoms with van der Waals surface area (Å²) in [4.78, 5) is 4.30. The van der Waals surface area contributed by atoms with Crippen LogP contribution in [0, 0.1) is 5.92 Å². The molecule has 0 spiro atoms. The molecule has 2 N–H and O–H groups in total. The van der Waals surface area contributed by atoms with Crippen molar-refractivity contribution in [3.8, 4) is 11.5 Å². The fraction of sp³-hybridized carbons (Fsp3) is 0.667. The van der Waals surface area contributed by atoms with Crippen LogP contribution in [0.2, 0.25) is 0 Å². The predicted molar refractivity (Wildman–Crippen MR) is 127 cm³/mol. The largest absolute Gasteiger partial charge is 0.490 e. The van der Waals surface area contributed by atoms with E-state index < -0.39 is 0 Å². The van der Waals surface area contributed by atoms with E-state index in [0.29, 0.717) is 19.1 Å². The van der Waals surface area contributed by atoms with Gasteiger partial charge in [0.1, 0.15) is 0 Å². The van der Waals surface area contributed by atoms with Crippen molar-refractivity contribution < 1.29 is 14.2 Å². The molecular weight excluding hydrogens is 469 g/mol. The van der Waals surface area contributed by atoms with E-state index in [4.69, 9.17) is 14.2 Å². The molecule has 28 heavy (non-hydrogen) atoms. The second-order valence-corrected chi connectivity index (χ2v) is 6.76. The third-order valence-corrected chi connectivity index (χ3v) is 3.85. The molecule has 0 aliphatic heterocycles. The number of hydrogen-bond acceptors (Lipinski definition) is 4. The normalized spacial score (nSPS) is 12.3. The Labute approximate surface area is 187 Å². The molecule has 0 heterocycles. The lowest BCUT2D eigenvalue weighted by Crippen LogP contribution is -2.39. The fourth-order valence-corrected chi connectivity index (χ4v) is 2.52. The van der Waals surface area contributed by atoms with Gasteiger partial charge in [-0.2, -0.15) is 0 Å². The molecule has 0 saturated heterocycles. The summed E-state index contributed by atoms with van der Waals surface area (Å²) in [7, 11) is 1.78. The maximum atomic E-state index is 5.72. The van der Waals surface area contributed by atoms with Crippen molar-refractivity contribution in [1.82, 2.24) is 10.6 Å². The predicted octanol–water partition coefficient (Wildman–Crippen LogP) is 4.39. The molecule has 0 aliphatic rings. The third-order valence-electron chi connectivity index (χ3n) is 3.85. The van der Waals surface area contributed by atoms with Crippen LogP contribution >= 0.6 is 24.0 Å². The van der Waals surface area contributed by atoms with E-state index >= 15 is 0 Å². The first-order chi connectivity index (χ1) is 13.0.